The summed E-state index contributed by atoms with van der Waals surface area (Å²) in [6, 6.07) is 17.9. The number of nitro benzene ring substituents is 1. The molecule has 7 nitrogen and oxygen atoms in total. The van der Waals surface area contributed by atoms with Gasteiger partial charge in [-0.3, -0.25) is 19.9 Å². The van der Waals surface area contributed by atoms with Crippen molar-refractivity contribution in [3.05, 3.63) is 99.4 Å². The maximum Gasteiger partial charge on any atom is 0.269 e. The number of aryl methyl sites for hydroxylation is 1. The average Bonchev–Trinajstić information content (AvgIpc) is 2.96. The summed E-state index contributed by atoms with van der Waals surface area (Å²) in [7, 11) is 0. The van der Waals surface area contributed by atoms with Gasteiger partial charge in [0, 0.05) is 30.6 Å². The first-order chi connectivity index (χ1) is 13.5. The number of hydrogen-bond donors (Lipinski definition) is 1. The number of rotatable bonds is 5. The lowest BCUT2D eigenvalue weighted by molar-refractivity contribution is -0.384. The van der Waals surface area contributed by atoms with Crippen LogP contribution in [0.3, 0.4) is 0 Å². The molecule has 2 aromatic carbocycles. The number of anilines is 1. The Kier molecular flexibility index (Phi) is 4.49. The Morgan fingerprint density at radius 3 is 2.64 bits per heavy atom. The fourth-order valence-electron chi connectivity index (χ4n) is 3.40. The van der Waals surface area contributed by atoms with Gasteiger partial charge in [0.1, 0.15) is 6.17 Å². The van der Waals surface area contributed by atoms with Crippen LogP contribution in [0.25, 0.3) is 0 Å². The van der Waals surface area contributed by atoms with Gasteiger partial charge in [-0.15, -0.1) is 0 Å². The lowest BCUT2D eigenvalue weighted by Gasteiger charge is -2.27. The normalized spacial score (nSPS) is 15.4. The molecule has 1 aromatic heterocycles. The number of aromatic nitrogens is 1. The summed E-state index contributed by atoms with van der Waals surface area (Å²) in [5.41, 5.74) is 3.71. The predicted molar refractivity (Wildman–Crippen MR) is 105 cm³/mol. The predicted octanol–water partition coefficient (Wildman–Crippen LogP) is 4.06. The fourth-order valence-corrected chi connectivity index (χ4v) is 3.40. The van der Waals surface area contributed by atoms with Crippen molar-refractivity contribution in [3.8, 4) is 0 Å². The molecule has 1 unspecified atom stereocenters. The van der Waals surface area contributed by atoms with Crippen LogP contribution < -0.4 is 5.32 Å². The van der Waals surface area contributed by atoms with Gasteiger partial charge in [0.25, 0.3) is 11.6 Å². The SMILES string of the molecule is Cc1cc([N+](=O)[O-])ccc1NC1c2ncccc2C(=O)N1Cc1ccccc1. The van der Waals surface area contributed by atoms with Gasteiger partial charge in [0.15, 0.2) is 0 Å². The standard InChI is InChI=1S/C21H18N4O3/c1-14-12-16(25(27)28)9-10-18(14)23-20-19-17(8-5-11-22-19)21(26)24(20)13-15-6-3-2-4-7-15/h2-12,20,23H,13H2,1H3. The molecule has 0 saturated carbocycles. The van der Waals surface area contributed by atoms with E-state index in [1.165, 1.54) is 12.1 Å². The number of carbonyl (C=O) groups excluding carboxylic acids is 1. The van der Waals surface area contributed by atoms with Crippen molar-refractivity contribution in [2.75, 3.05) is 5.32 Å². The highest BCUT2D eigenvalue weighted by molar-refractivity contribution is 5.98. The van der Waals surface area contributed by atoms with E-state index in [4.69, 9.17) is 0 Å². The number of pyridine rings is 1. The van der Waals surface area contributed by atoms with Gasteiger partial charge in [-0.2, -0.15) is 0 Å². The van der Waals surface area contributed by atoms with E-state index < -0.39 is 11.1 Å². The average molecular weight is 374 g/mol. The number of nitrogens with one attached hydrogen (secondary N) is 1. The fraction of sp³-hybridized carbons (Fsp3) is 0.143. The molecule has 140 valence electrons. The minimum Gasteiger partial charge on any atom is -0.360 e. The van der Waals surface area contributed by atoms with Crippen LogP contribution in [0.2, 0.25) is 0 Å². The quantitative estimate of drug-likeness (QED) is 0.537. The van der Waals surface area contributed by atoms with E-state index in [9.17, 15) is 14.9 Å². The number of hydrogen-bond acceptors (Lipinski definition) is 5. The zero-order valence-electron chi connectivity index (χ0n) is 15.2. The van der Waals surface area contributed by atoms with E-state index in [1.807, 2.05) is 30.3 Å². The first-order valence-corrected chi connectivity index (χ1v) is 8.86. The van der Waals surface area contributed by atoms with Gasteiger partial charge in [-0.05, 0) is 36.2 Å². The second kappa shape index (κ2) is 7.11. The molecule has 0 bridgehead atoms. The van der Waals surface area contributed by atoms with Crippen molar-refractivity contribution < 1.29 is 9.72 Å². The van der Waals surface area contributed by atoms with Crippen LogP contribution in [0.15, 0.2) is 66.9 Å². The molecule has 1 N–H and O–H groups in total. The molecule has 0 fully saturated rings. The summed E-state index contributed by atoms with van der Waals surface area (Å²) >= 11 is 0. The number of benzene rings is 2. The molecule has 1 amide bonds. The Morgan fingerprint density at radius 2 is 1.93 bits per heavy atom. The largest absolute Gasteiger partial charge is 0.360 e. The topological polar surface area (TPSA) is 88.4 Å². The van der Waals surface area contributed by atoms with Crippen molar-refractivity contribution in [3.63, 3.8) is 0 Å². The van der Waals surface area contributed by atoms with E-state index in [0.717, 1.165) is 16.8 Å². The van der Waals surface area contributed by atoms with Gasteiger partial charge in [-0.1, -0.05) is 30.3 Å². The van der Waals surface area contributed by atoms with Crippen molar-refractivity contribution in [1.29, 1.82) is 0 Å². The number of carbonyl (C=O) groups is 1. The Hall–Kier alpha value is -3.74. The van der Waals surface area contributed by atoms with Gasteiger partial charge in [0.2, 0.25) is 0 Å². The molecule has 4 rings (SSSR count). The minimum atomic E-state index is -0.455. The number of nitrogens with zero attached hydrogens (tertiary/aromatic N) is 3. The third-order valence-electron chi connectivity index (χ3n) is 4.81. The molecular weight excluding hydrogens is 356 g/mol. The molecule has 1 aliphatic heterocycles. The first kappa shape index (κ1) is 17.7. The molecule has 28 heavy (non-hydrogen) atoms. The zero-order valence-corrected chi connectivity index (χ0v) is 15.2. The number of amides is 1. The van der Waals surface area contributed by atoms with Crippen molar-refractivity contribution in [1.82, 2.24) is 9.88 Å². The Balaban J connectivity index is 1.69. The summed E-state index contributed by atoms with van der Waals surface area (Å²) in [5, 5.41) is 14.3. The van der Waals surface area contributed by atoms with Crippen LogP contribution in [0.1, 0.15) is 33.3 Å². The molecule has 0 aliphatic carbocycles. The minimum absolute atomic E-state index is 0.0326. The maximum atomic E-state index is 13.0. The van der Waals surface area contributed by atoms with Gasteiger partial charge in [-0.25, -0.2) is 0 Å². The van der Waals surface area contributed by atoms with Gasteiger partial charge in [0.05, 0.1) is 16.2 Å². The van der Waals surface area contributed by atoms with E-state index in [1.54, 1.807) is 36.2 Å². The third-order valence-corrected chi connectivity index (χ3v) is 4.81. The maximum absolute atomic E-state index is 13.0. The van der Waals surface area contributed by atoms with Crippen LogP contribution in [0, 0.1) is 17.0 Å². The first-order valence-electron chi connectivity index (χ1n) is 8.86. The van der Waals surface area contributed by atoms with Crippen LogP contribution >= 0.6 is 0 Å². The molecule has 1 atom stereocenters. The lowest BCUT2D eigenvalue weighted by Crippen LogP contribution is -2.32. The van der Waals surface area contributed by atoms with Crippen LogP contribution in [-0.2, 0) is 6.54 Å². The second-order valence-electron chi connectivity index (χ2n) is 6.66. The summed E-state index contributed by atoms with van der Waals surface area (Å²) in [6.45, 7) is 2.23. The highest BCUT2D eigenvalue weighted by Crippen LogP contribution is 2.35. The van der Waals surface area contributed by atoms with Crippen LogP contribution in [0.4, 0.5) is 11.4 Å². The van der Waals surface area contributed by atoms with Crippen molar-refractivity contribution in [2.45, 2.75) is 19.6 Å². The van der Waals surface area contributed by atoms with Crippen molar-refractivity contribution >= 4 is 17.3 Å². The Bertz CT molecular complexity index is 1050. The molecular formula is C21H18N4O3. The van der Waals surface area contributed by atoms with E-state index in [-0.39, 0.29) is 11.6 Å². The smallest absolute Gasteiger partial charge is 0.269 e. The summed E-state index contributed by atoms with van der Waals surface area (Å²) in [4.78, 5) is 29.7. The molecule has 3 aromatic rings. The summed E-state index contributed by atoms with van der Waals surface area (Å²) in [6.07, 6.45) is 1.21. The lowest BCUT2D eigenvalue weighted by atomic mass is 10.1. The van der Waals surface area contributed by atoms with E-state index >= 15 is 0 Å². The van der Waals surface area contributed by atoms with Crippen LogP contribution in [-0.4, -0.2) is 20.7 Å². The number of fused-ring (bicyclic) bond motifs is 1. The van der Waals surface area contributed by atoms with Gasteiger partial charge >= 0.3 is 0 Å². The Morgan fingerprint density at radius 1 is 1.14 bits per heavy atom. The Labute approximate surface area is 161 Å². The monoisotopic (exact) mass is 374 g/mol. The second-order valence-corrected chi connectivity index (χ2v) is 6.66. The zero-order chi connectivity index (χ0) is 19.7. The molecule has 7 heteroatoms. The molecule has 0 radical (unpaired) electrons. The van der Waals surface area contributed by atoms with Gasteiger partial charge < -0.3 is 10.2 Å². The highest BCUT2D eigenvalue weighted by Gasteiger charge is 2.38. The summed E-state index contributed by atoms with van der Waals surface area (Å²) < 4.78 is 0. The molecule has 0 saturated heterocycles. The molecule has 1 aliphatic rings. The highest BCUT2D eigenvalue weighted by atomic mass is 16.6. The van der Waals surface area contributed by atoms with Crippen LogP contribution in [0.5, 0.6) is 0 Å². The number of nitro groups is 1. The molecule has 2 heterocycles. The summed E-state index contributed by atoms with van der Waals surface area (Å²) in [5.74, 6) is -0.0935. The van der Waals surface area contributed by atoms with Crippen molar-refractivity contribution in [2.24, 2.45) is 0 Å². The van der Waals surface area contributed by atoms with E-state index in [2.05, 4.69) is 10.3 Å². The third kappa shape index (κ3) is 3.18. The van der Waals surface area contributed by atoms with E-state index in [0.29, 0.717) is 17.8 Å². The number of non-ortho nitro benzene ring substituents is 1. The molecule has 0 spiro atoms.